The average Bonchev–Trinajstić information content (AvgIpc) is 2.30. The highest BCUT2D eigenvalue weighted by Gasteiger charge is 2.22. The standard InChI is InChI=1S/C7H10F2N2O.ClH/c1-7(2,10)5-3-4(6(8)9)12-11-5;/h3,6H,10H2,1-2H3;1H. The Morgan fingerprint density at radius 1 is 1.54 bits per heavy atom. The molecule has 2 N–H and O–H groups in total. The van der Waals surface area contributed by atoms with Gasteiger partial charge in [-0.2, -0.15) is 0 Å². The molecule has 0 aliphatic heterocycles. The number of hydrogen-bond donors (Lipinski definition) is 1. The number of halogens is 3. The Morgan fingerprint density at radius 3 is 2.31 bits per heavy atom. The summed E-state index contributed by atoms with van der Waals surface area (Å²) in [5.41, 5.74) is 5.19. The minimum absolute atomic E-state index is 0. The predicted octanol–water partition coefficient (Wildman–Crippen LogP) is 2.23. The lowest BCUT2D eigenvalue weighted by atomic mass is 10.0. The van der Waals surface area contributed by atoms with Gasteiger partial charge in [0.25, 0.3) is 6.43 Å². The summed E-state index contributed by atoms with van der Waals surface area (Å²) in [6.07, 6.45) is -2.63. The lowest BCUT2D eigenvalue weighted by Crippen LogP contribution is -2.28. The van der Waals surface area contributed by atoms with E-state index in [4.69, 9.17) is 5.73 Å². The maximum absolute atomic E-state index is 12.0. The predicted molar refractivity (Wildman–Crippen MR) is 45.9 cm³/mol. The fraction of sp³-hybridized carbons (Fsp3) is 0.571. The van der Waals surface area contributed by atoms with E-state index >= 15 is 0 Å². The fourth-order valence-electron chi connectivity index (χ4n) is 0.696. The molecular formula is C7H11ClF2N2O. The van der Waals surface area contributed by atoms with Crippen molar-refractivity contribution in [1.29, 1.82) is 0 Å². The number of alkyl halides is 2. The molecule has 0 bridgehead atoms. The fourth-order valence-corrected chi connectivity index (χ4v) is 0.696. The van der Waals surface area contributed by atoms with Gasteiger partial charge in [-0.3, -0.25) is 0 Å². The Morgan fingerprint density at radius 2 is 2.08 bits per heavy atom. The van der Waals surface area contributed by atoms with E-state index in [2.05, 4.69) is 9.68 Å². The molecule has 0 saturated carbocycles. The molecule has 1 aromatic heterocycles. The van der Waals surface area contributed by atoms with Crippen molar-refractivity contribution in [3.63, 3.8) is 0 Å². The van der Waals surface area contributed by atoms with Gasteiger partial charge < -0.3 is 10.3 Å². The van der Waals surface area contributed by atoms with E-state index in [-0.39, 0.29) is 12.4 Å². The zero-order valence-electron chi connectivity index (χ0n) is 7.25. The molecule has 0 aliphatic rings. The summed E-state index contributed by atoms with van der Waals surface area (Å²) in [4.78, 5) is 0. The molecular weight excluding hydrogens is 202 g/mol. The normalized spacial score (nSPS) is 11.5. The Kier molecular flexibility index (Phi) is 3.81. The van der Waals surface area contributed by atoms with Crippen molar-refractivity contribution < 1.29 is 13.3 Å². The molecule has 0 aliphatic carbocycles. The van der Waals surface area contributed by atoms with Crippen LogP contribution in [0, 0.1) is 0 Å². The van der Waals surface area contributed by atoms with Crippen molar-refractivity contribution in [2.45, 2.75) is 25.8 Å². The summed E-state index contributed by atoms with van der Waals surface area (Å²) in [5.74, 6) is -0.441. The van der Waals surface area contributed by atoms with Crippen molar-refractivity contribution >= 4 is 12.4 Å². The van der Waals surface area contributed by atoms with Crippen LogP contribution in [0.3, 0.4) is 0 Å². The molecule has 0 amide bonds. The smallest absolute Gasteiger partial charge is 0.298 e. The van der Waals surface area contributed by atoms with Gasteiger partial charge in [0.2, 0.25) is 5.76 Å². The third-order valence-electron chi connectivity index (χ3n) is 1.40. The van der Waals surface area contributed by atoms with Crippen LogP contribution in [0.2, 0.25) is 0 Å². The average molecular weight is 213 g/mol. The van der Waals surface area contributed by atoms with E-state index in [1.807, 2.05) is 0 Å². The number of aromatic nitrogens is 1. The molecule has 1 aromatic rings. The molecule has 3 nitrogen and oxygen atoms in total. The maximum Gasteiger partial charge on any atom is 0.298 e. The van der Waals surface area contributed by atoms with Gasteiger partial charge in [-0.25, -0.2) is 8.78 Å². The van der Waals surface area contributed by atoms with Crippen LogP contribution in [0.4, 0.5) is 8.78 Å². The third kappa shape index (κ3) is 2.93. The topological polar surface area (TPSA) is 52.0 Å². The summed E-state index contributed by atoms with van der Waals surface area (Å²) in [7, 11) is 0. The highest BCUT2D eigenvalue weighted by Crippen LogP contribution is 2.23. The highest BCUT2D eigenvalue weighted by atomic mass is 35.5. The molecule has 1 heterocycles. The molecule has 0 fully saturated rings. The van der Waals surface area contributed by atoms with Gasteiger partial charge >= 0.3 is 0 Å². The number of nitrogens with two attached hydrogens (primary N) is 1. The number of rotatable bonds is 2. The second kappa shape index (κ2) is 4.02. The molecule has 1 rings (SSSR count). The molecule has 0 unspecified atom stereocenters. The van der Waals surface area contributed by atoms with Crippen molar-refractivity contribution in [3.05, 3.63) is 17.5 Å². The summed E-state index contributed by atoms with van der Waals surface area (Å²) < 4.78 is 28.4. The molecule has 0 atom stereocenters. The second-order valence-electron chi connectivity index (χ2n) is 3.14. The highest BCUT2D eigenvalue weighted by molar-refractivity contribution is 5.85. The quantitative estimate of drug-likeness (QED) is 0.818. The summed E-state index contributed by atoms with van der Waals surface area (Å²) in [6.45, 7) is 3.33. The zero-order chi connectivity index (χ0) is 9.35. The third-order valence-corrected chi connectivity index (χ3v) is 1.40. The van der Waals surface area contributed by atoms with Crippen molar-refractivity contribution in [2.24, 2.45) is 5.73 Å². The van der Waals surface area contributed by atoms with Gasteiger partial charge in [-0.05, 0) is 13.8 Å². The Bertz CT molecular complexity index is 270. The minimum atomic E-state index is -2.63. The van der Waals surface area contributed by atoms with Crippen molar-refractivity contribution in [3.8, 4) is 0 Å². The first-order valence-corrected chi connectivity index (χ1v) is 3.45. The molecule has 0 spiro atoms. The van der Waals surface area contributed by atoms with Gasteiger partial charge in [0.15, 0.2) is 0 Å². The van der Waals surface area contributed by atoms with Crippen LogP contribution in [0.15, 0.2) is 10.6 Å². The van der Waals surface area contributed by atoms with Gasteiger partial charge in [0.1, 0.15) is 5.69 Å². The van der Waals surface area contributed by atoms with Crippen LogP contribution in [-0.2, 0) is 5.54 Å². The Balaban J connectivity index is 0.00000144. The first-order chi connectivity index (χ1) is 5.41. The SMILES string of the molecule is CC(C)(N)c1cc(C(F)F)on1.Cl. The Labute approximate surface area is 80.7 Å². The van der Waals surface area contributed by atoms with Crippen LogP contribution in [0.1, 0.15) is 31.7 Å². The molecule has 0 saturated heterocycles. The first kappa shape index (κ1) is 12.3. The zero-order valence-corrected chi connectivity index (χ0v) is 8.07. The van der Waals surface area contributed by atoms with Crippen molar-refractivity contribution in [1.82, 2.24) is 5.16 Å². The summed E-state index contributed by atoms with van der Waals surface area (Å²) >= 11 is 0. The lowest BCUT2D eigenvalue weighted by Gasteiger charge is -2.12. The van der Waals surface area contributed by atoms with E-state index < -0.39 is 17.7 Å². The molecule has 0 radical (unpaired) electrons. The molecule has 6 heteroatoms. The molecule has 13 heavy (non-hydrogen) atoms. The van der Waals surface area contributed by atoms with E-state index in [0.29, 0.717) is 5.69 Å². The Hall–Kier alpha value is -0.680. The van der Waals surface area contributed by atoms with E-state index in [9.17, 15) is 8.78 Å². The summed E-state index contributed by atoms with van der Waals surface area (Å²) in [6, 6.07) is 1.17. The largest absolute Gasteiger partial charge is 0.355 e. The summed E-state index contributed by atoms with van der Waals surface area (Å²) in [5, 5.41) is 3.43. The lowest BCUT2D eigenvalue weighted by molar-refractivity contribution is 0.112. The first-order valence-electron chi connectivity index (χ1n) is 3.45. The minimum Gasteiger partial charge on any atom is -0.355 e. The molecule has 76 valence electrons. The van der Waals surface area contributed by atoms with Crippen LogP contribution in [0.5, 0.6) is 0 Å². The second-order valence-corrected chi connectivity index (χ2v) is 3.14. The van der Waals surface area contributed by atoms with E-state index in [1.54, 1.807) is 13.8 Å². The van der Waals surface area contributed by atoms with Gasteiger partial charge in [0, 0.05) is 6.07 Å². The number of nitrogens with zero attached hydrogens (tertiary/aromatic N) is 1. The van der Waals surface area contributed by atoms with Crippen LogP contribution < -0.4 is 5.73 Å². The van der Waals surface area contributed by atoms with E-state index in [0.717, 1.165) is 0 Å². The van der Waals surface area contributed by atoms with E-state index in [1.165, 1.54) is 6.07 Å². The van der Waals surface area contributed by atoms with Gasteiger partial charge in [-0.15, -0.1) is 12.4 Å². The number of hydrogen-bond acceptors (Lipinski definition) is 3. The van der Waals surface area contributed by atoms with Crippen LogP contribution in [0.25, 0.3) is 0 Å². The monoisotopic (exact) mass is 212 g/mol. The van der Waals surface area contributed by atoms with Crippen LogP contribution >= 0.6 is 12.4 Å². The van der Waals surface area contributed by atoms with Crippen LogP contribution in [-0.4, -0.2) is 5.16 Å². The van der Waals surface area contributed by atoms with Crippen molar-refractivity contribution in [2.75, 3.05) is 0 Å². The maximum atomic E-state index is 12.0. The van der Waals surface area contributed by atoms with Gasteiger partial charge in [-0.1, -0.05) is 5.16 Å². The van der Waals surface area contributed by atoms with Gasteiger partial charge in [0.05, 0.1) is 5.54 Å². The molecule has 0 aromatic carbocycles.